The van der Waals surface area contributed by atoms with Gasteiger partial charge in [0.15, 0.2) is 5.82 Å². The van der Waals surface area contributed by atoms with Crippen LogP contribution in [-0.4, -0.2) is 16.7 Å². The zero-order chi connectivity index (χ0) is 10.5. The molecule has 1 N–H and O–H groups in total. The highest BCUT2D eigenvalue weighted by Gasteiger charge is 2.56. The van der Waals surface area contributed by atoms with Crippen LogP contribution >= 0.6 is 0 Å². The van der Waals surface area contributed by atoms with E-state index in [1.54, 1.807) is 0 Å². The Morgan fingerprint density at radius 3 is 2.75 bits per heavy atom. The molecular formula is C12H17N3O. The average molecular weight is 219 g/mol. The third-order valence-electron chi connectivity index (χ3n) is 4.52. The molecule has 3 atom stereocenters. The van der Waals surface area contributed by atoms with Gasteiger partial charge >= 0.3 is 0 Å². The zero-order valence-corrected chi connectivity index (χ0v) is 9.35. The Balaban J connectivity index is 1.53. The number of hydrogen-bond acceptors (Lipinski definition) is 4. The van der Waals surface area contributed by atoms with Gasteiger partial charge in [0, 0.05) is 5.92 Å². The molecule has 2 aliphatic carbocycles. The summed E-state index contributed by atoms with van der Waals surface area (Å²) in [4.78, 5) is 4.60. The average Bonchev–Trinajstić information content (AvgIpc) is 2.89. The minimum atomic E-state index is 0.344. The quantitative estimate of drug-likeness (QED) is 0.826. The lowest BCUT2D eigenvalue weighted by Gasteiger charge is -2.01. The molecule has 0 amide bonds. The summed E-state index contributed by atoms with van der Waals surface area (Å²) in [5.74, 6) is 4.14. The standard InChI is InChI=1S/C12H17N3O/c1-3-7-8(4-1)10(7)12-14-11(15-16-12)9-5-2-6-13-9/h7-10,13H,1-6H2. The molecule has 4 heteroatoms. The van der Waals surface area contributed by atoms with Gasteiger partial charge in [-0.3, -0.25) is 0 Å². The summed E-state index contributed by atoms with van der Waals surface area (Å²) >= 11 is 0. The van der Waals surface area contributed by atoms with Crippen molar-refractivity contribution in [2.75, 3.05) is 6.54 Å². The largest absolute Gasteiger partial charge is 0.339 e. The predicted molar refractivity (Wildman–Crippen MR) is 57.8 cm³/mol. The zero-order valence-electron chi connectivity index (χ0n) is 9.35. The van der Waals surface area contributed by atoms with Crippen molar-refractivity contribution in [2.45, 2.75) is 44.1 Å². The first-order chi connectivity index (χ1) is 7.93. The van der Waals surface area contributed by atoms with E-state index in [0.717, 1.165) is 36.5 Å². The number of hydrogen-bond donors (Lipinski definition) is 1. The van der Waals surface area contributed by atoms with Crippen molar-refractivity contribution in [1.29, 1.82) is 0 Å². The van der Waals surface area contributed by atoms with E-state index < -0.39 is 0 Å². The molecule has 4 nitrogen and oxygen atoms in total. The van der Waals surface area contributed by atoms with E-state index in [1.807, 2.05) is 0 Å². The fraction of sp³-hybridized carbons (Fsp3) is 0.833. The van der Waals surface area contributed by atoms with Crippen LogP contribution in [0.15, 0.2) is 4.52 Å². The third-order valence-corrected chi connectivity index (χ3v) is 4.52. The summed E-state index contributed by atoms with van der Waals surface area (Å²) in [5.41, 5.74) is 0. The molecule has 1 saturated heterocycles. The first-order valence-corrected chi connectivity index (χ1v) is 6.50. The first kappa shape index (κ1) is 9.16. The summed E-state index contributed by atoms with van der Waals surface area (Å²) in [6.07, 6.45) is 6.51. The monoisotopic (exact) mass is 219 g/mol. The Bertz CT molecular complexity index is 387. The van der Waals surface area contributed by atoms with Gasteiger partial charge in [-0.25, -0.2) is 0 Å². The van der Waals surface area contributed by atoms with Crippen molar-refractivity contribution >= 4 is 0 Å². The van der Waals surface area contributed by atoms with E-state index in [9.17, 15) is 0 Å². The summed E-state index contributed by atoms with van der Waals surface area (Å²) in [6, 6.07) is 0.344. The molecule has 1 aromatic heterocycles. The SMILES string of the molecule is C1CNC(c2noc(C3C4CCCC43)n2)C1. The van der Waals surface area contributed by atoms with Crippen molar-refractivity contribution < 1.29 is 4.52 Å². The summed E-state index contributed by atoms with van der Waals surface area (Å²) in [6.45, 7) is 1.09. The maximum absolute atomic E-state index is 5.44. The van der Waals surface area contributed by atoms with Crippen LogP contribution in [-0.2, 0) is 0 Å². The Morgan fingerprint density at radius 2 is 2.00 bits per heavy atom. The molecule has 3 unspecified atom stereocenters. The molecule has 0 spiro atoms. The molecule has 0 bridgehead atoms. The molecule has 2 saturated carbocycles. The molecule has 1 aromatic rings. The molecule has 3 fully saturated rings. The smallest absolute Gasteiger partial charge is 0.230 e. The lowest BCUT2D eigenvalue weighted by molar-refractivity contribution is 0.359. The molecule has 16 heavy (non-hydrogen) atoms. The minimum Gasteiger partial charge on any atom is -0.339 e. The highest BCUT2D eigenvalue weighted by molar-refractivity contribution is 5.16. The summed E-state index contributed by atoms with van der Waals surface area (Å²) in [5, 5.41) is 7.55. The number of nitrogens with one attached hydrogen (secondary N) is 1. The second kappa shape index (κ2) is 3.29. The topological polar surface area (TPSA) is 51.0 Å². The molecule has 2 heterocycles. The molecule has 0 aromatic carbocycles. The summed E-state index contributed by atoms with van der Waals surface area (Å²) < 4.78 is 5.44. The van der Waals surface area contributed by atoms with Crippen molar-refractivity contribution in [1.82, 2.24) is 15.5 Å². The van der Waals surface area contributed by atoms with E-state index in [-0.39, 0.29) is 0 Å². The Hall–Kier alpha value is -0.900. The van der Waals surface area contributed by atoms with E-state index in [4.69, 9.17) is 4.52 Å². The third kappa shape index (κ3) is 1.25. The van der Waals surface area contributed by atoms with E-state index in [2.05, 4.69) is 15.5 Å². The maximum Gasteiger partial charge on any atom is 0.230 e. The van der Waals surface area contributed by atoms with E-state index in [1.165, 1.54) is 25.7 Å². The second-order valence-corrected chi connectivity index (χ2v) is 5.42. The molecule has 86 valence electrons. The van der Waals surface area contributed by atoms with Crippen molar-refractivity contribution in [3.05, 3.63) is 11.7 Å². The van der Waals surface area contributed by atoms with Crippen molar-refractivity contribution in [3.63, 3.8) is 0 Å². The molecule has 1 aliphatic heterocycles. The van der Waals surface area contributed by atoms with Gasteiger partial charge in [-0.2, -0.15) is 4.98 Å². The predicted octanol–water partition coefficient (Wildman–Crippen LogP) is 2.01. The molecular weight excluding hydrogens is 202 g/mol. The second-order valence-electron chi connectivity index (χ2n) is 5.42. The fourth-order valence-electron chi connectivity index (χ4n) is 3.62. The van der Waals surface area contributed by atoms with Crippen LogP contribution in [0.25, 0.3) is 0 Å². The van der Waals surface area contributed by atoms with Crippen LogP contribution in [0, 0.1) is 11.8 Å². The lowest BCUT2D eigenvalue weighted by Crippen LogP contribution is -2.14. The highest BCUT2D eigenvalue weighted by Crippen LogP contribution is 2.62. The minimum absolute atomic E-state index is 0.344. The highest BCUT2D eigenvalue weighted by atomic mass is 16.5. The van der Waals surface area contributed by atoms with Crippen LogP contribution in [0.3, 0.4) is 0 Å². The van der Waals surface area contributed by atoms with Gasteiger partial charge < -0.3 is 9.84 Å². The maximum atomic E-state index is 5.44. The van der Waals surface area contributed by atoms with Gasteiger partial charge in [0.05, 0.1) is 6.04 Å². The van der Waals surface area contributed by atoms with Crippen LogP contribution in [0.1, 0.15) is 55.8 Å². The Kier molecular flexibility index (Phi) is 1.89. The van der Waals surface area contributed by atoms with Gasteiger partial charge in [0.2, 0.25) is 5.89 Å². The van der Waals surface area contributed by atoms with Gasteiger partial charge in [-0.1, -0.05) is 11.6 Å². The lowest BCUT2D eigenvalue weighted by atomic mass is 10.1. The van der Waals surface area contributed by atoms with Crippen LogP contribution < -0.4 is 5.32 Å². The van der Waals surface area contributed by atoms with Crippen LogP contribution in [0.5, 0.6) is 0 Å². The van der Waals surface area contributed by atoms with Gasteiger partial charge in [-0.05, 0) is 44.1 Å². The first-order valence-electron chi connectivity index (χ1n) is 6.50. The van der Waals surface area contributed by atoms with Gasteiger partial charge in [0.25, 0.3) is 0 Å². The molecule has 3 aliphatic rings. The Morgan fingerprint density at radius 1 is 1.12 bits per heavy atom. The number of rotatable bonds is 2. The van der Waals surface area contributed by atoms with Crippen molar-refractivity contribution in [3.8, 4) is 0 Å². The van der Waals surface area contributed by atoms with E-state index >= 15 is 0 Å². The van der Waals surface area contributed by atoms with E-state index in [0.29, 0.717) is 12.0 Å². The van der Waals surface area contributed by atoms with Crippen LogP contribution in [0.4, 0.5) is 0 Å². The molecule has 0 radical (unpaired) electrons. The number of fused-ring (bicyclic) bond motifs is 1. The number of nitrogens with zero attached hydrogens (tertiary/aromatic N) is 2. The van der Waals surface area contributed by atoms with Crippen molar-refractivity contribution in [2.24, 2.45) is 11.8 Å². The summed E-state index contributed by atoms with van der Waals surface area (Å²) in [7, 11) is 0. The fourth-order valence-corrected chi connectivity index (χ4v) is 3.62. The van der Waals surface area contributed by atoms with Gasteiger partial charge in [-0.15, -0.1) is 0 Å². The normalized spacial score (nSPS) is 41.2. The van der Waals surface area contributed by atoms with Gasteiger partial charge in [0.1, 0.15) is 0 Å². The van der Waals surface area contributed by atoms with Crippen LogP contribution in [0.2, 0.25) is 0 Å². The molecule has 4 rings (SSSR count). The number of aromatic nitrogens is 2. The Labute approximate surface area is 94.8 Å².